The Hall–Kier alpha value is -2.24. The van der Waals surface area contributed by atoms with Gasteiger partial charge in [-0.25, -0.2) is 4.39 Å². The van der Waals surface area contributed by atoms with Crippen molar-refractivity contribution in [2.75, 3.05) is 46.9 Å². The maximum atomic E-state index is 13.1. The SMILES string of the molecule is COCCN1CC[C@@H](CN(C)C(=O)c2ccc(-c3ccc(F)cc3)cc2)C1. The van der Waals surface area contributed by atoms with E-state index in [9.17, 15) is 9.18 Å². The lowest BCUT2D eigenvalue weighted by atomic mass is 10.0. The third-order valence-corrected chi connectivity index (χ3v) is 5.17. The van der Waals surface area contributed by atoms with Crippen LogP contribution in [0.5, 0.6) is 0 Å². The zero-order valence-electron chi connectivity index (χ0n) is 16.0. The lowest BCUT2D eigenvalue weighted by Crippen LogP contribution is -2.33. The van der Waals surface area contributed by atoms with E-state index in [1.165, 1.54) is 12.1 Å². The van der Waals surface area contributed by atoms with Crippen molar-refractivity contribution < 1.29 is 13.9 Å². The molecule has 1 atom stereocenters. The van der Waals surface area contributed by atoms with Crippen LogP contribution in [-0.2, 0) is 4.74 Å². The molecule has 5 heteroatoms. The van der Waals surface area contributed by atoms with E-state index in [2.05, 4.69) is 4.90 Å². The number of hydrogen-bond acceptors (Lipinski definition) is 3. The molecule has 1 amide bonds. The first-order chi connectivity index (χ1) is 13.1. The van der Waals surface area contributed by atoms with Gasteiger partial charge in [-0.15, -0.1) is 0 Å². The molecular weight excluding hydrogens is 343 g/mol. The van der Waals surface area contributed by atoms with E-state index in [-0.39, 0.29) is 11.7 Å². The molecule has 144 valence electrons. The minimum Gasteiger partial charge on any atom is -0.383 e. The van der Waals surface area contributed by atoms with Gasteiger partial charge in [0.15, 0.2) is 0 Å². The molecule has 0 spiro atoms. The van der Waals surface area contributed by atoms with Crippen LogP contribution in [0.3, 0.4) is 0 Å². The maximum Gasteiger partial charge on any atom is 0.253 e. The van der Waals surface area contributed by atoms with Crippen LogP contribution in [0.15, 0.2) is 48.5 Å². The van der Waals surface area contributed by atoms with Crippen molar-refractivity contribution >= 4 is 5.91 Å². The number of carbonyl (C=O) groups is 1. The van der Waals surface area contributed by atoms with Crippen molar-refractivity contribution in [3.63, 3.8) is 0 Å². The number of rotatable bonds is 7. The van der Waals surface area contributed by atoms with Gasteiger partial charge >= 0.3 is 0 Å². The van der Waals surface area contributed by atoms with E-state index in [1.54, 1.807) is 19.2 Å². The molecule has 2 aromatic carbocycles. The van der Waals surface area contributed by atoms with Crippen molar-refractivity contribution in [1.29, 1.82) is 0 Å². The Bertz CT molecular complexity index is 746. The van der Waals surface area contributed by atoms with Gasteiger partial charge in [0.2, 0.25) is 0 Å². The number of benzene rings is 2. The highest BCUT2D eigenvalue weighted by molar-refractivity contribution is 5.94. The summed E-state index contributed by atoms with van der Waals surface area (Å²) < 4.78 is 18.2. The van der Waals surface area contributed by atoms with Crippen LogP contribution >= 0.6 is 0 Å². The topological polar surface area (TPSA) is 32.8 Å². The van der Waals surface area contributed by atoms with Crippen LogP contribution in [0.1, 0.15) is 16.8 Å². The van der Waals surface area contributed by atoms with E-state index in [4.69, 9.17) is 4.74 Å². The van der Waals surface area contributed by atoms with Crippen LogP contribution in [0.4, 0.5) is 4.39 Å². The van der Waals surface area contributed by atoms with Gasteiger partial charge in [0, 0.05) is 39.4 Å². The number of ether oxygens (including phenoxy) is 1. The Kier molecular flexibility index (Phi) is 6.58. The molecule has 2 aromatic rings. The minimum absolute atomic E-state index is 0.0380. The molecule has 1 fully saturated rings. The van der Waals surface area contributed by atoms with Gasteiger partial charge in [0.1, 0.15) is 5.82 Å². The molecule has 1 aliphatic heterocycles. The molecule has 0 bridgehead atoms. The molecule has 0 unspecified atom stereocenters. The van der Waals surface area contributed by atoms with Crippen LogP contribution in [0.2, 0.25) is 0 Å². The largest absolute Gasteiger partial charge is 0.383 e. The number of methoxy groups -OCH3 is 1. The second-order valence-corrected chi connectivity index (χ2v) is 7.22. The number of amides is 1. The van der Waals surface area contributed by atoms with Gasteiger partial charge in [-0.05, 0) is 54.3 Å². The average Bonchev–Trinajstić information content (AvgIpc) is 3.13. The van der Waals surface area contributed by atoms with Crippen LogP contribution in [0.25, 0.3) is 11.1 Å². The number of likely N-dealkylation sites (tertiary alicyclic amines) is 1. The van der Waals surface area contributed by atoms with E-state index in [0.717, 1.165) is 50.3 Å². The van der Waals surface area contributed by atoms with Gasteiger partial charge in [-0.3, -0.25) is 4.79 Å². The number of halogens is 1. The molecule has 0 saturated carbocycles. The van der Waals surface area contributed by atoms with Gasteiger partial charge in [-0.2, -0.15) is 0 Å². The fourth-order valence-corrected chi connectivity index (χ4v) is 3.62. The monoisotopic (exact) mass is 370 g/mol. The average molecular weight is 370 g/mol. The summed E-state index contributed by atoms with van der Waals surface area (Å²) in [6, 6.07) is 13.9. The predicted molar refractivity (Wildman–Crippen MR) is 105 cm³/mol. The molecule has 0 aliphatic carbocycles. The maximum absolute atomic E-state index is 13.1. The molecule has 1 heterocycles. The summed E-state index contributed by atoms with van der Waals surface area (Å²) in [6.07, 6.45) is 1.12. The zero-order valence-corrected chi connectivity index (χ0v) is 16.0. The van der Waals surface area contributed by atoms with Crippen molar-refractivity contribution in [2.45, 2.75) is 6.42 Å². The summed E-state index contributed by atoms with van der Waals surface area (Å²) >= 11 is 0. The molecule has 1 saturated heterocycles. The van der Waals surface area contributed by atoms with Gasteiger partial charge in [0.05, 0.1) is 6.61 Å². The predicted octanol–water partition coefficient (Wildman–Crippen LogP) is 3.53. The summed E-state index contributed by atoms with van der Waals surface area (Å²) in [6.45, 7) is 4.56. The normalized spacial score (nSPS) is 17.2. The Morgan fingerprint density at radius 3 is 2.41 bits per heavy atom. The van der Waals surface area contributed by atoms with E-state index < -0.39 is 0 Å². The summed E-state index contributed by atoms with van der Waals surface area (Å²) in [5, 5.41) is 0. The summed E-state index contributed by atoms with van der Waals surface area (Å²) in [7, 11) is 3.59. The highest BCUT2D eigenvalue weighted by atomic mass is 19.1. The van der Waals surface area contributed by atoms with E-state index in [1.807, 2.05) is 36.2 Å². The summed E-state index contributed by atoms with van der Waals surface area (Å²) in [5.74, 6) is 0.296. The molecular formula is C22H27FN2O2. The van der Waals surface area contributed by atoms with Crippen LogP contribution < -0.4 is 0 Å². The Morgan fingerprint density at radius 2 is 1.78 bits per heavy atom. The Morgan fingerprint density at radius 1 is 1.15 bits per heavy atom. The number of nitrogens with zero attached hydrogens (tertiary/aromatic N) is 2. The third-order valence-electron chi connectivity index (χ3n) is 5.17. The second-order valence-electron chi connectivity index (χ2n) is 7.22. The molecule has 3 rings (SSSR count). The van der Waals surface area contributed by atoms with Crippen molar-refractivity contribution in [2.24, 2.45) is 5.92 Å². The van der Waals surface area contributed by atoms with Crippen molar-refractivity contribution in [1.82, 2.24) is 9.80 Å². The summed E-state index contributed by atoms with van der Waals surface area (Å²) in [5.41, 5.74) is 2.59. The van der Waals surface area contributed by atoms with E-state index in [0.29, 0.717) is 11.5 Å². The quantitative estimate of drug-likeness (QED) is 0.747. The molecule has 0 aromatic heterocycles. The van der Waals surface area contributed by atoms with Crippen LogP contribution in [-0.4, -0.2) is 62.7 Å². The molecule has 1 aliphatic rings. The van der Waals surface area contributed by atoms with Gasteiger partial charge < -0.3 is 14.5 Å². The first-order valence-corrected chi connectivity index (χ1v) is 9.39. The van der Waals surface area contributed by atoms with E-state index >= 15 is 0 Å². The zero-order chi connectivity index (χ0) is 19.2. The lowest BCUT2D eigenvalue weighted by molar-refractivity contribution is 0.0772. The van der Waals surface area contributed by atoms with Crippen molar-refractivity contribution in [3.05, 3.63) is 59.9 Å². The minimum atomic E-state index is -0.250. The Balaban J connectivity index is 1.56. The first-order valence-electron chi connectivity index (χ1n) is 9.39. The highest BCUT2D eigenvalue weighted by Crippen LogP contribution is 2.21. The molecule has 0 N–H and O–H groups in total. The molecule has 4 nitrogen and oxygen atoms in total. The first kappa shape index (κ1) is 19.5. The Labute approximate surface area is 160 Å². The molecule has 0 radical (unpaired) electrons. The standard InChI is InChI=1S/C22H27FN2O2/c1-24(15-17-11-12-25(16-17)13-14-27-2)22(26)20-5-3-18(4-6-20)19-7-9-21(23)10-8-19/h3-10,17H,11-16H2,1-2H3/t17-/m0/s1. The van der Waals surface area contributed by atoms with Gasteiger partial charge in [-0.1, -0.05) is 24.3 Å². The van der Waals surface area contributed by atoms with Gasteiger partial charge in [0.25, 0.3) is 5.91 Å². The lowest BCUT2D eigenvalue weighted by Gasteiger charge is -2.22. The smallest absolute Gasteiger partial charge is 0.253 e. The number of carbonyl (C=O) groups excluding carboxylic acids is 1. The molecule has 27 heavy (non-hydrogen) atoms. The fraction of sp³-hybridized carbons (Fsp3) is 0.409. The van der Waals surface area contributed by atoms with Crippen LogP contribution in [0, 0.1) is 11.7 Å². The number of hydrogen-bond donors (Lipinski definition) is 0. The van der Waals surface area contributed by atoms with Crippen molar-refractivity contribution in [3.8, 4) is 11.1 Å². The fourth-order valence-electron chi connectivity index (χ4n) is 3.62. The summed E-state index contributed by atoms with van der Waals surface area (Å²) in [4.78, 5) is 16.9. The third kappa shape index (κ3) is 5.15. The highest BCUT2D eigenvalue weighted by Gasteiger charge is 2.25. The second kappa shape index (κ2) is 9.11.